The lowest BCUT2D eigenvalue weighted by Gasteiger charge is -2.30. The van der Waals surface area contributed by atoms with Gasteiger partial charge in [-0.2, -0.15) is 0 Å². The molecule has 0 spiro atoms. The van der Waals surface area contributed by atoms with Crippen molar-refractivity contribution in [3.63, 3.8) is 0 Å². The molecule has 0 saturated carbocycles. The van der Waals surface area contributed by atoms with Gasteiger partial charge in [-0.3, -0.25) is 19.7 Å². The standard InChI is InChI=1S/C36H40N4O6/c1-4-5-6-7-8-11-32(37-46-25(3)41)26-12-18-33-30(21-26)31-22-27(35(42)36(43)38-20-9-10-24(2)23-38)13-19-34(31)39(33)28-14-16-29(17-15-28)40(44)45/h12-19,21-22,24H,4-11,20,23H2,1-3H3. The number of Topliss-reactive ketones (excluding diaryl/α,β-unsaturated/α-hetero) is 1. The van der Waals surface area contributed by atoms with Crippen LogP contribution < -0.4 is 0 Å². The van der Waals surface area contributed by atoms with E-state index < -0.39 is 22.6 Å². The molecule has 1 aliphatic heterocycles. The average Bonchev–Trinajstić information content (AvgIpc) is 3.38. The Morgan fingerprint density at radius 2 is 1.59 bits per heavy atom. The third kappa shape index (κ3) is 7.17. The summed E-state index contributed by atoms with van der Waals surface area (Å²) in [4.78, 5) is 56.0. The van der Waals surface area contributed by atoms with Crippen LogP contribution >= 0.6 is 0 Å². The number of carbonyl (C=O) groups excluding carboxylic acids is 3. The van der Waals surface area contributed by atoms with Gasteiger partial charge in [0, 0.05) is 59.7 Å². The predicted octanol–water partition coefficient (Wildman–Crippen LogP) is 7.76. The molecule has 10 nitrogen and oxygen atoms in total. The van der Waals surface area contributed by atoms with Gasteiger partial charge < -0.3 is 14.3 Å². The lowest BCUT2D eigenvalue weighted by Crippen LogP contribution is -2.42. The number of oxime groups is 1. The molecule has 0 N–H and O–H groups in total. The Morgan fingerprint density at radius 3 is 2.22 bits per heavy atom. The number of piperidine rings is 1. The molecular weight excluding hydrogens is 584 g/mol. The molecule has 5 rings (SSSR count). The summed E-state index contributed by atoms with van der Waals surface area (Å²) >= 11 is 0. The summed E-state index contributed by atoms with van der Waals surface area (Å²) < 4.78 is 1.98. The maximum atomic E-state index is 13.5. The molecule has 0 bridgehead atoms. The second-order valence-electron chi connectivity index (χ2n) is 12.2. The first-order chi connectivity index (χ1) is 22.2. The minimum Gasteiger partial charge on any atom is -0.336 e. The van der Waals surface area contributed by atoms with E-state index in [0.717, 1.165) is 72.3 Å². The Bertz CT molecular complexity index is 1810. The van der Waals surface area contributed by atoms with Crippen LogP contribution in [0.15, 0.2) is 65.8 Å². The third-order valence-corrected chi connectivity index (χ3v) is 8.62. The van der Waals surface area contributed by atoms with E-state index in [-0.39, 0.29) is 5.69 Å². The van der Waals surface area contributed by atoms with Gasteiger partial charge in [-0.25, -0.2) is 4.79 Å². The molecule has 10 heteroatoms. The first kappa shape index (κ1) is 32.5. The van der Waals surface area contributed by atoms with Crippen molar-refractivity contribution < 1.29 is 24.1 Å². The number of hydrogen-bond donors (Lipinski definition) is 0. The summed E-state index contributed by atoms with van der Waals surface area (Å²) in [6.45, 7) is 6.71. The normalized spacial score (nSPS) is 15.3. The van der Waals surface area contributed by atoms with Crippen molar-refractivity contribution in [2.24, 2.45) is 11.1 Å². The van der Waals surface area contributed by atoms with Crippen LogP contribution in [-0.4, -0.2) is 50.9 Å². The highest BCUT2D eigenvalue weighted by Crippen LogP contribution is 2.34. The zero-order valence-electron chi connectivity index (χ0n) is 26.7. The Labute approximate surface area is 268 Å². The van der Waals surface area contributed by atoms with Crippen LogP contribution in [0.5, 0.6) is 0 Å². The summed E-state index contributed by atoms with van der Waals surface area (Å²) in [5, 5.41) is 17.1. The third-order valence-electron chi connectivity index (χ3n) is 8.62. The van der Waals surface area contributed by atoms with Crippen LogP contribution in [0.3, 0.4) is 0 Å². The topological polar surface area (TPSA) is 124 Å². The average molecular weight is 625 g/mol. The minimum absolute atomic E-state index is 0.0181. The Hall–Kier alpha value is -4.86. The molecule has 240 valence electrons. The maximum Gasteiger partial charge on any atom is 0.331 e. The van der Waals surface area contributed by atoms with Crippen LogP contribution in [-0.2, 0) is 14.4 Å². The number of nitro groups is 1. The van der Waals surface area contributed by atoms with Gasteiger partial charge in [-0.15, -0.1) is 0 Å². The number of nitrogens with zero attached hydrogens (tertiary/aromatic N) is 4. The zero-order valence-corrected chi connectivity index (χ0v) is 26.7. The quantitative estimate of drug-likeness (QED) is 0.0302. The van der Waals surface area contributed by atoms with Gasteiger partial charge in [0.2, 0.25) is 5.78 Å². The summed E-state index contributed by atoms with van der Waals surface area (Å²) in [7, 11) is 0. The lowest BCUT2D eigenvalue weighted by molar-refractivity contribution is -0.384. The number of nitro benzene ring substituents is 1. The molecule has 1 amide bonds. The molecule has 2 heterocycles. The van der Waals surface area contributed by atoms with Crippen molar-refractivity contribution >= 4 is 50.9 Å². The summed E-state index contributed by atoms with van der Waals surface area (Å²) in [6.07, 6.45) is 7.86. The number of likely N-dealkylation sites (tertiary alicyclic amines) is 1. The second kappa shape index (κ2) is 14.5. The summed E-state index contributed by atoms with van der Waals surface area (Å²) in [6, 6.07) is 17.4. The van der Waals surface area contributed by atoms with Crippen LogP contribution in [0, 0.1) is 16.0 Å². The minimum atomic E-state index is -0.549. The van der Waals surface area contributed by atoms with Crippen LogP contribution in [0.25, 0.3) is 27.5 Å². The van der Waals surface area contributed by atoms with E-state index >= 15 is 0 Å². The fraction of sp³-hybridized carbons (Fsp3) is 0.389. The van der Waals surface area contributed by atoms with Crippen molar-refractivity contribution in [2.45, 2.75) is 72.1 Å². The van der Waals surface area contributed by atoms with Gasteiger partial charge in [0.15, 0.2) is 0 Å². The van der Waals surface area contributed by atoms with Gasteiger partial charge in [-0.05, 0) is 74.1 Å². The Morgan fingerprint density at radius 1 is 0.935 bits per heavy atom. The second-order valence-corrected chi connectivity index (χ2v) is 12.2. The maximum absolute atomic E-state index is 13.5. The van der Waals surface area contributed by atoms with E-state index in [1.807, 2.05) is 28.8 Å². The monoisotopic (exact) mass is 624 g/mol. The summed E-state index contributed by atoms with van der Waals surface area (Å²) in [5.74, 6) is -1.20. The van der Waals surface area contributed by atoms with Gasteiger partial charge in [0.1, 0.15) is 0 Å². The van der Waals surface area contributed by atoms with E-state index in [4.69, 9.17) is 4.84 Å². The van der Waals surface area contributed by atoms with Crippen LogP contribution in [0.2, 0.25) is 0 Å². The first-order valence-corrected chi connectivity index (χ1v) is 16.1. The Balaban J connectivity index is 1.61. The van der Waals surface area contributed by atoms with Crippen LogP contribution in [0.4, 0.5) is 5.69 Å². The number of fused-ring (bicyclic) bond motifs is 3. The molecule has 1 saturated heterocycles. The largest absolute Gasteiger partial charge is 0.336 e. The highest BCUT2D eigenvalue weighted by atomic mass is 16.7. The van der Waals surface area contributed by atoms with E-state index in [9.17, 15) is 24.5 Å². The van der Waals surface area contributed by atoms with Gasteiger partial charge in [-0.1, -0.05) is 50.8 Å². The lowest BCUT2D eigenvalue weighted by atomic mass is 9.98. The number of hydrogen-bond acceptors (Lipinski definition) is 7. The fourth-order valence-electron chi connectivity index (χ4n) is 6.24. The fourth-order valence-corrected chi connectivity index (χ4v) is 6.24. The van der Waals surface area contributed by atoms with Crippen LogP contribution in [0.1, 0.15) is 88.1 Å². The van der Waals surface area contributed by atoms with E-state index in [1.165, 1.54) is 19.1 Å². The van der Waals surface area contributed by atoms with Crippen molar-refractivity contribution in [1.29, 1.82) is 0 Å². The number of non-ortho nitro benzene ring substituents is 1. The number of aromatic nitrogens is 1. The molecule has 1 atom stereocenters. The van der Waals surface area contributed by atoms with Gasteiger partial charge in [0.25, 0.3) is 11.6 Å². The van der Waals surface area contributed by atoms with Crippen molar-refractivity contribution in [3.05, 3.63) is 81.9 Å². The molecule has 1 aromatic heterocycles. The van der Waals surface area contributed by atoms with Gasteiger partial charge >= 0.3 is 5.97 Å². The molecule has 1 fully saturated rings. The number of carbonyl (C=O) groups is 3. The molecule has 1 aliphatic rings. The van der Waals surface area contributed by atoms with E-state index in [1.54, 1.807) is 29.2 Å². The molecule has 0 aliphatic carbocycles. The molecule has 1 unspecified atom stereocenters. The van der Waals surface area contributed by atoms with Crippen molar-refractivity contribution in [2.75, 3.05) is 13.1 Å². The molecule has 46 heavy (non-hydrogen) atoms. The number of rotatable bonds is 12. The summed E-state index contributed by atoms with van der Waals surface area (Å²) in [5.41, 5.74) is 4.00. The van der Waals surface area contributed by atoms with Crippen molar-refractivity contribution in [1.82, 2.24) is 9.47 Å². The smallest absolute Gasteiger partial charge is 0.331 e. The molecule has 4 aromatic rings. The van der Waals surface area contributed by atoms with Crippen molar-refractivity contribution in [3.8, 4) is 5.69 Å². The number of benzene rings is 3. The molecular formula is C36H40N4O6. The SMILES string of the molecule is CCCCCCCC(=NOC(C)=O)c1ccc2c(c1)c1cc(C(=O)C(=O)N3CCCC(C)C3)ccc1n2-c1ccc([N+](=O)[O-])cc1. The Kier molecular flexibility index (Phi) is 10.2. The molecule has 0 radical (unpaired) electrons. The number of unbranched alkanes of at least 4 members (excludes halogenated alkanes) is 4. The molecule has 3 aromatic carbocycles. The highest BCUT2D eigenvalue weighted by Gasteiger charge is 2.28. The number of amides is 1. The first-order valence-electron chi connectivity index (χ1n) is 16.1. The highest BCUT2D eigenvalue weighted by molar-refractivity contribution is 6.43. The van der Waals surface area contributed by atoms with E-state index in [2.05, 4.69) is 19.0 Å². The zero-order chi connectivity index (χ0) is 32.8. The van der Waals surface area contributed by atoms with E-state index in [0.29, 0.717) is 42.4 Å². The number of ketones is 1. The van der Waals surface area contributed by atoms with Gasteiger partial charge in [0.05, 0.1) is 21.7 Å². The predicted molar refractivity (Wildman–Crippen MR) is 178 cm³/mol.